The number of aromatic nitrogens is 2. The average molecular weight is 424 g/mol. The summed E-state index contributed by atoms with van der Waals surface area (Å²) >= 11 is 0. The van der Waals surface area contributed by atoms with E-state index in [1.54, 1.807) is 12.1 Å². The minimum absolute atomic E-state index is 0.0640. The van der Waals surface area contributed by atoms with Crippen molar-refractivity contribution in [1.29, 1.82) is 0 Å². The van der Waals surface area contributed by atoms with Gasteiger partial charge in [-0.15, -0.1) is 0 Å². The van der Waals surface area contributed by atoms with Crippen LogP contribution in [0.2, 0.25) is 0 Å². The number of piperidine rings is 1. The molecule has 0 amide bonds. The Kier molecular flexibility index (Phi) is 6.63. The van der Waals surface area contributed by atoms with E-state index in [2.05, 4.69) is 4.98 Å². The van der Waals surface area contributed by atoms with Crippen molar-refractivity contribution in [2.75, 3.05) is 19.6 Å². The average Bonchev–Trinajstić information content (AvgIpc) is 3.12. The fraction of sp³-hybridized carbons (Fsp3) is 0.500. The molecular formula is C18H24N4O6S. The number of aryl methyl sites for hydroxylation is 1. The maximum absolute atomic E-state index is 12.4. The number of likely N-dealkylation sites (tertiary alicyclic amines) is 1. The van der Waals surface area contributed by atoms with Gasteiger partial charge in [0.2, 0.25) is 0 Å². The van der Waals surface area contributed by atoms with Gasteiger partial charge >= 0.3 is 5.95 Å². The second-order valence-corrected chi connectivity index (χ2v) is 8.73. The van der Waals surface area contributed by atoms with Crippen LogP contribution in [-0.4, -0.2) is 64.7 Å². The highest BCUT2D eigenvalue weighted by molar-refractivity contribution is 7.86. The normalized spacial score (nSPS) is 17.3. The van der Waals surface area contributed by atoms with Crippen molar-refractivity contribution >= 4 is 16.1 Å². The molecule has 0 aliphatic carbocycles. The van der Waals surface area contributed by atoms with Gasteiger partial charge in [-0.3, -0.25) is 4.18 Å². The monoisotopic (exact) mass is 424 g/mol. The van der Waals surface area contributed by atoms with Gasteiger partial charge in [-0.2, -0.15) is 8.42 Å². The van der Waals surface area contributed by atoms with E-state index >= 15 is 0 Å². The van der Waals surface area contributed by atoms with Crippen molar-refractivity contribution in [3.8, 4) is 0 Å². The van der Waals surface area contributed by atoms with Gasteiger partial charge in [0.25, 0.3) is 10.1 Å². The summed E-state index contributed by atoms with van der Waals surface area (Å²) in [6.07, 6.45) is 2.59. The predicted molar refractivity (Wildman–Crippen MR) is 104 cm³/mol. The Morgan fingerprint density at radius 2 is 1.93 bits per heavy atom. The molecule has 11 heteroatoms. The molecule has 2 heterocycles. The molecule has 1 atom stereocenters. The first-order chi connectivity index (χ1) is 13.7. The number of rotatable bonds is 8. The molecular weight excluding hydrogens is 400 g/mol. The number of nitro groups is 1. The van der Waals surface area contributed by atoms with Crippen molar-refractivity contribution in [1.82, 2.24) is 14.5 Å². The molecule has 10 nitrogen and oxygen atoms in total. The first kappa shape index (κ1) is 21.4. The highest BCUT2D eigenvalue weighted by atomic mass is 32.2. The minimum atomic E-state index is -3.81. The lowest BCUT2D eigenvalue weighted by Gasteiger charge is -2.32. The zero-order valence-corrected chi connectivity index (χ0v) is 16.9. The van der Waals surface area contributed by atoms with Gasteiger partial charge in [0.05, 0.1) is 23.6 Å². The van der Waals surface area contributed by atoms with Gasteiger partial charge in [-0.05, 0) is 36.8 Å². The molecule has 0 spiro atoms. The van der Waals surface area contributed by atoms with Gasteiger partial charge in [0.15, 0.2) is 0 Å². The maximum Gasteiger partial charge on any atom is 0.434 e. The zero-order valence-electron chi connectivity index (χ0n) is 16.0. The Balaban J connectivity index is 1.48. The molecule has 1 aromatic carbocycles. The first-order valence-electron chi connectivity index (χ1n) is 9.30. The molecule has 0 radical (unpaired) electrons. The topological polar surface area (TPSA) is 128 Å². The van der Waals surface area contributed by atoms with Gasteiger partial charge in [-0.1, -0.05) is 22.7 Å². The Morgan fingerprint density at radius 3 is 2.55 bits per heavy atom. The molecule has 1 fully saturated rings. The molecule has 0 bridgehead atoms. The van der Waals surface area contributed by atoms with Crippen molar-refractivity contribution in [3.63, 3.8) is 0 Å². The van der Waals surface area contributed by atoms with Gasteiger partial charge in [0, 0.05) is 19.6 Å². The third-order valence-corrected chi connectivity index (χ3v) is 6.22. The quantitative estimate of drug-likeness (QED) is 0.382. The van der Waals surface area contributed by atoms with Crippen molar-refractivity contribution < 1.29 is 22.6 Å². The highest BCUT2D eigenvalue weighted by Crippen LogP contribution is 2.21. The summed E-state index contributed by atoms with van der Waals surface area (Å²) in [5.41, 5.74) is 0.969. The third-order valence-electron chi connectivity index (χ3n) is 4.84. The van der Waals surface area contributed by atoms with E-state index in [0.717, 1.165) is 5.56 Å². The number of hydrogen-bond donors (Lipinski definition) is 1. The van der Waals surface area contributed by atoms with Crippen LogP contribution >= 0.6 is 0 Å². The molecule has 158 valence electrons. The molecule has 1 N–H and O–H groups in total. The van der Waals surface area contributed by atoms with Crippen LogP contribution in [-0.2, 0) is 20.8 Å². The van der Waals surface area contributed by atoms with Crippen LogP contribution in [0.4, 0.5) is 5.95 Å². The Labute approximate surface area is 169 Å². The van der Waals surface area contributed by atoms with Crippen LogP contribution in [0.25, 0.3) is 0 Å². The van der Waals surface area contributed by atoms with E-state index in [9.17, 15) is 23.6 Å². The molecule has 1 aromatic heterocycles. The lowest BCUT2D eigenvalue weighted by atomic mass is 10.1. The fourth-order valence-electron chi connectivity index (χ4n) is 3.33. The van der Waals surface area contributed by atoms with E-state index in [1.165, 1.54) is 29.1 Å². The molecule has 29 heavy (non-hydrogen) atoms. The molecule has 1 aliphatic heterocycles. The van der Waals surface area contributed by atoms with Crippen molar-refractivity contribution in [3.05, 3.63) is 52.3 Å². The Morgan fingerprint density at radius 1 is 1.28 bits per heavy atom. The summed E-state index contributed by atoms with van der Waals surface area (Å²) in [5, 5.41) is 21.2. The number of nitrogens with zero attached hydrogens (tertiary/aromatic N) is 4. The van der Waals surface area contributed by atoms with Gasteiger partial charge < -0.3 is 20.1 Å². The first-order valence-corrected chi connectivity index (χ1v) is 10.7. The number of imidazole rings is 1. The number of hydrogen-bond acceptors (Lipinski definition) is 8. The molecule has 1 unspecified atom stereocenters. The smallest absolute Gasteiger partial charge is 0.390 e. The summed E-state index contributed by atoms with van der Waals surface area (Å²) < 4.78 is 31.5. The van der Waals surface area contributed by atoms with Crippen molar-refractivity contribution in [2.24, 2.45) is 0 Å². The van der Waals surface area contributed by atoms with Gasteiger partial charge in [-0.25, -0.2) is 4.57 Å². The number of β-amino-alcohol motifs (C(OH)–C–C–N with tert-alkyl or cyclic N) is 1. The summed E-state index contributed by atoms with van der Waals surface area (Å²) in [7, 11) is -3.81. The molecule has 0 saturated carbocycles. The van der Waals surface area contributed by atoms with Crippen LogP contribution in [0.1, 0.15) is 18.4 Å². The minimum Gasteiger partial charge on any atom is -0.390 e. The summed E-state index contributed by atoms with van der Waals surface area (Å²) in [6, 6.07) is 6.52. The number of benzene rings is 1. The van der Waals surface area contributed by atoms with Crippen LogP contribution in [0.3, 0.4) is 0 Å². The summed E-state index contributed by atoms with van der Waals surface area (Å²) in [4.78, 5) is 16.1. The maximum atomic E-state index is 12.4. The van der Waals surface area contributed by atoms with Crippen LogP contribution in [0.15, 0.2) is 41.6 Å². The molecule has 1 saturated heterocycles. The second kappa shape index (κ2) is 8.99. The second-order valence-electron chi connectivity index (χ2n) is 7.15. The molecule has 2 aromatic rings. The lowest BCUT2D eigenvalue weighted by Crippen LogP contribution is -2.42. The zero-order chi connectivity index (χ0) is 21.0. The Hall–Kier alpha value is -2.34. The van der Waals surface area contributed by atoms with E-state index in [0.29, 0.717) is 32.5 Å². The van der Waals surface area contributed by atoms with Gasteiger partial charge in [0.1, 0.15) is 12.4 Å². The van der Waals surface area contributed by atoms with Crippen molar-refractivity contribution in [2.45, 2.75) is 43.4 Å². The largest absolute Gasteiger partial charge is 0.434 e. The van der Waals surface area contributed by atoms with Crippen LogP contribution in [0.5, 0.6) is 0 Å². The van der Waals surface area contributed by atoms with E-state index in [1.807, 2.05) is 11.8 Å². The van der Waals surface area contributed by atoms with Crippen LogP contribution in [0, 0.1) is 17.0 Å². The lowest BCUT2D eigenvalue weighted by molar-refractivity contribution is -0.397. The van der Waals surface area contributed by atoms with Crippen LogP contribution < -0.4 is 0 Å². The highest BCUT2D eigenvalue weighted by Gasteiger charge is 2.27. The standard InChI is InChI=1S/C18H24N4O6S/c1-14-2-4-17(5-3-14)29(26,27)28-16-6-9-20(10-7-16)12-15(23)13-21-11-8-19-18(21)22(24)25/h2-5,8,11,15-16,23H,6-7,9-10,12-13H2,1H3. The summed E-state index contributed by atoms with van der Waals surface area (Å²) in [5.74, 6) is -0.308. The summed E-state index contributed by atoms with van der Waals surface area (Å²) in [6.45, 7) is 3.40. The number of aliphatic hydroxyl groups excluding tert-OH is 1. The Bertz CT molecular complexity index is 936. The SMILES string of the molecule is Cc1ccc(S(=O)(=O)OC2CCN(CC(O)Cn3ccnc3[N+](=O)[O-])CC2)cc1. The van der Waals surface area contributed by atoms with E-state index in [4.69, 9.17) is 4.18 Å². The third kappa shape index (κ3) is 5.60. The predicted octanol–water partition coefficient (Wildman–Crippen LogP) is 1.33. The molecule has 3 rings (SSSR count). The molecule has 1 aliphatic rings. The van der Waals surface area contributed by atoms with E-state index < -0.39 is 27.2 Å². The fourth-order valence-corrected chi connectivity index (χ4v) is 4.46. The van der Waals surface area contributed by atoms with E-state index in [-0.39, 0.29) is 17.4 Å². The number of aliphatic hydroxyl groups is 1.